The van der Waals surface area contributed by atoms with E-state index in [0.717, 1.165) is 6.07 Å². The lowest BCUT2D eigenvalue weighted by Gasteiger charge is -2.21. The number of rotatable bonds is 3. The van der Waals surface area contributed by atoms with E-state index >= 15 is 0 Å². The number of benzene rings is 2. The van der Waals surface area contributed by atoms with Crippen molar-refractivity contribution in [3.63, 3.8) is 0 Å². The summed E-state index contributed by atoms with van der Waals surface area (Å²) in [5.41, 5.74) is -0.00895. The Balaban J connectivity index is 2.31. The molecule has 0 fully saturated rings. The molecule has 0 radical (unpaired) electrons. The number of anilines is 1. The quantitative estimate of drug-likeness (QED) is 0.683. The number of nitrogens with one attached hydrogen (secondary N) is 1. The smallest absolute Gasteiger partial charge is 0.378 e. The third kappa shape index (κ3) is 3.75. The second-order valence-electron chi connectivity index (χ2n) is 4.58. The molecule has 2 aromatic rings. The molecule has 0 aliphatic rings. The molecule has 0 aliphatic heterocycles. The normalized spacial score (nSPS) is 13.0. The molecule has 1 N–H and O–H groups in total. The molecular weight excluding hydrogens is 350 g/mol. The summed E-state index contributed by atoms with van der Waals surface area (Å²) in [6.45, 7) is 1.63. The van der Waals surface area contributed by atoms with E-state index in [1.165, 1.54) is 30.3 Å². The molecular formula is C15H12BrF4N. The van der Waals surface area contributed by atoms with Crippen LogP contribution in [0.4, 0.5) is 23.2 Å². The largest absolute Gasteiger partial charge is 0.416 e. The van der Waals surface area contributed by atoms with E-state index < -0.39 is 23.6 Å². The van der Waals surface area contributed by atoms with Crippen LogP contribution in [-0.4, -0.2) is 0 Å². The van der Waals surface area contributed by atoms with Crippen LogP contribution in [0.15, 0.2) is 46.9 Å². The van der Waals surface area contributed by atoms with Gasteiger partial charge in [0.05, 0.1) is 5.56 Å². The first-order valence-electron chi connectivity index (χ1n) is 6.16. The van der Waals surface area contributed by atoms with Gasteiger partial charge in [-0.05, 0) is 52.7 Å². The molecule has 1 nitrogen and oxygen atoms in total. The standard InChI is InChI=1S/C15H12BrF4N/c1-9(21-14-7-6-10(17)8-13(14)16)11-4-2-3-5-12(11)15(18,19)20/h2-9,21H,1H3. The van der Waals surface area contributed by atoms with Crippen LogP contribution in [0.5, 0.6) is 0 Å². The number of alkyl halides is 3. The molecule has 112 valence electrons. The van der Waals surface area contributed by atoms with Crippen molar-refractivity contribution in [2.24, 2.45) is 0 Å². The third-order valence-electron chi connectivity index (χ3n) is 3.04. The van der Waals surface area contributed by atoms with Crippen LogP contribution in [-0.2, 0) is 6.18 Å². The minimum atomic E-state index is -4.41. The summed E-state index contributed by atoms with van der Waals surface area (Å²) < 4.78 is 52.5. The molecule has 0 bridgehead atoms. The van der Waals surface area contributed by atoms with Crippen LogP contribution in [0, 0.1) is 5.82 Å². The van der Waals surface area contributed by atoms with Gasteiger partial charge in [0, 0.05) is 16.2 Å². The van der Waals surface area contributed by atoms with E-state index in [9.17, 15) is 17.6 Å². The van der Waals surface area contributed by atoms with E-state index in [4.69, 9.17) is 0 Å². The van der Waals surface area contributed by atoms with Crippen LogP contribution in [0.1, 0.15) is 24.1 Å². The lowest BCUT2D eigenvalue weighted by Crippen LogP contribution is -2.15. The van der Waals surface area contributed by atoms with Crippen molar-refractivity contribution in [3.05, 3.63) is 63.9 Å². The Morgan fingerprint density at radius 2 is 1.76 bits per heavy atom. The maximum absolute atomic E-state index is 13.0. The number of halogens is 5. The van der Waals surface area contributed by atoms with Crippen LogP contribution in [0.25, 0.3) is 0 Å². The maximum Gasteiger partial charge on any atom is 0.416 e. The van der Waals surface area contributed by atoms with Gasteiger partial charge in [-0.25, -0.2) is 4.39 Å². The molecule has 0 amide bonds. The minimum absolute atomic E-state index is 0.140. The summed E-state index contributed by atoms with van der Waals surface area (Å²) in [4.78, 5) is 0. The minimum Gasteiger partial charge on any atom is -0.378 e. The Labute approximate surface area is 128 Å². The van der Waals surface area contributed by atoms with E-state index in [0.29, 0.717) is 10.2 Å². The van der Waals surface area contributed by atoms with Gasteiger partial charge in [0.1, 0.15) is 5.82 Å². The van der Waals surface area contributed by atoms with Gasteiger partial charge in [0.15, 0.2) is 0 Å². The highest BCUT2D eigenvalue weighted by molar-refractivity contribution is 9.10. The summed E-state index contributed by atoms with van der Waals surface area (Å²) >= 11 is 3.18. The van der Waals surface area contributed by atoms with Crippen molar-refractivity contribution >= 4 is 21.6 Å². The van der Waals surface area contributed by atoms with E-state index in [1.807, 2.05) is 0 Å². The Bertz CT molecular complexity index is 640. The van der Waals surface area contributed by atoms with Crippen LogP contribution < -0.4 is 5.32 Å². The van der Waals surface area contributed by atoms with Crippen LogP contribution in [0.3, 0.4) is 0 Å². The van der Waals surface area contributed by atoms with Crippen molar-refractivity contribution in [2.75, 3.05) is 5.32 Å². The van der Waals surface area contributed by atoms with Crippen molar-refractivity contribution in [3.8, 4) is 0 Å². The number of hydrogen-bond acceptors (Lipinski definition) is 1. The first-order valence-corrected chi connectivity index (χ1v) is 6.96. The van der Waals surface area contributed by atoms with E-state index in [1.54, 1.807) is 13.0 Å². The van der Waals surface area contributed by atoms with Gasteiger partial charge in [0.2, 0.25) is 0 Å². The Kier molecular flexibility index (Phi) is 4.56. The second-order valence-corrected chi connectivity index (χ2v) is 5.43. The molecule has 6 heteroatoms. The highest BCUT2D eigenvalue weighted by Crippen LogP contribution is 2.36. The van der Waals surface area contributed by atoms with Crippen molar-refractivity contribution in [1.82, 2.24) is 0 Å². The van der Waals surface area contributed by atoms with Crippen LogP contribution >= 0.6 is 15.9 Å². The molecule has 0 spiro atoms. The molecule has 21 heavy (non-hydrogen) atoms. The average molecular weight is 362 g/mol. The van der Waals surface area contributed by atoms with Crippen molar-refractivity contribution in [2.45, 2.75) is 19.1 Å². The number of hydrogen-bond donors (Lipinski definition) is 1. The first kappa shape index (κ1) is 15.8. The molecule has 1 atom stereocenters. The lowest BCUT2D eigenvalue weighted by molar-refractivity contribution is -0.138. The zero-order valence-corrected chi connectivity index (χ0v) is 12.6. The van der Waals surface area contributed by atoms with E-state index in [-0.39, 0.29) is 5.56 Å². The van der Waals surface area contributed by atoms with Crippen LogP contribution in [0.2, 0.25) is 0 Å². The molecule has 2 rings (SSSR count). The molecule has 0 saturated heterocycles. The maximum atomic E-state index is 13.0. The topological polar surface area (TPSA) is 12.0 Å². The Morgan fingerprint density at radius 1 is 1.10 bits per heavy atom. The predicted molar refractivity (Wildman–Crippen MR) is 77.6 cm³/mol. The summed E-state index contributed by atoms with van der Waals surface area (Å²) in [6, 6.07) is 8.79. The fourth-order valence-corrected chi connectivity index (χ4v) is 2.52. The molecule has 0 heterocycles. The third-order valence-corrected chi connectivity index (χ3v) is 3.69. The van der Waals surface area contributed by atoms with Gasteiger partial charge >= 0.3 is 6.18 Å². The van der Waals surface area contributed by atoms with Gasteiger partial charge in [-0.2, -0.15) is 13.2 Å². The van der Waals surface area contributed by atoms with E-state index in [2.05, 4.69) is 21.2 Å². The Hall–Kier alpha value is -1.56. The van der Waals surface area contributed by atoms with Gasteiger partial charge in [-0.15, -0.1) is 0 Å². The summed E-state index contributed by atoms with van der Waals surface area (Å²) in [7, 11) is 0. The van der Waals surface area contributed by atoms with Crippen molar-refractivity contribution < 1.29 is 17.6 Å². The fourth-order valence-electron chi connectivity index (χ4n) is 2.05. The zero-order chi connectivity index (χ0) is 15.6. The molecule has 0 aliphatic carbocycles. The molecule has 0 aromatic heterocycles. The van der Waals surface area contributed by atoms with Gasteiger partial charge in [0.25, 0.3) is 0 Å². The summed E-state index contributed by atoms with van der Waals surface area (Å²) in [5.74, 6) is -0.421. The monoisotopic (exact) mass is 361 g/mol. The fraction of sp³-hybridized carbons (Fsp3) is 0.200. The second kappa shape index (κ2) is 6.05. The summed E-state index contributed by atoms with van der Waals surface area (Å²) in [6.07, 6.45) is -4.41. The highest BCUT2D eigenvalue weighted by Gasteiger charge is 2.34. The van der Waals surface area contributed by atoms with Gasteiger partial charge in [-0.1, -0.05) is 18.2 Å². The SMILES string of the molecule is CC(Nc1ccc(F)cc1Br)c1ccccc1C(F)(F)F. The van der Waals surface area contributed by atoms with Gasteiger partial charge in [-0.3, -0.25) is 0 Å². The molecule has 0 saturated carbocycles. The lowest BCUT2D eigenvalue weighted by atomic mass is 10.0. The zero-order valence-electron chi connectivity index (χ0n) is 11.0. The predicted octanol–water partition coefficient (Wildman–Crippen LogP) is 5.78. The average Bonchev–Trinajstić information content (AvgIpc) is 2.41. The van der Waals surface area contributed by atoms with Gasteiger partial charge < -0.3 is 5.32 Å². The summed E-state index contributed by atoms with van der Waals surface area (Å²) in [5, 5.41) is 2.95. The highest BCUT2D eigenvalue weighted by atomic mass is 79.9. The first-order chi connectivity index (χ1) is 9.79. The molecule has 2 aromatic carbocycles. The Morgan fingerprint density at radius 3 is 2.38 bits per heavy atom. The van der Waals surface area contributed by atoms with Crippen molar-refractivity contribution in [1.29, 1.82) is 0 Å². The molecule has 1 unspecified atom stereocenters.